The summed E-state index contributed by atoms with van der Waals surface area (Å²) in [6.45, 7) is 8.33. The maximum Gasteiger partial charge on any atom is 0.413 e. The number of amides is 1. The number of alkyl carbamates (subject to hydrolysis) is 1. The highest BCUT2D eigenvalue weighted by molar-refractivity contribution is 7.80. The van der Waals surface area contributed by atoms with Crippen molar-refractivity contribution in [1.29, 1.82) is 0 Å². The molecule has 0 aliphatic carbocycles. The zero-order chi connectivity index (χ0) is 11.0. The van der Waals surface area contributed by atoms with Crippen molar-refractivity contribution in [3.05, 3.63) is 12.7 Å². The van der Waals surface area contributed by atoms with Gasteiger partial charge < -0.3 is 10.1 Å². The summed E-state index contributed by atoms with van der Waals surface area (Å²) in [5.74, 6) is 0.315. The molecule has 5 heteroatoms. The van der Waals surface area contributed by atoms with Crippen molar-refractivity contribution >= 4 is 23.4 Å². The van der Waals surface area contributed by atoms with E-state index in [4.69, 9.17) is 17.0 Å². The van der Waals surface area contributed by atoms with Gasteiger partial charge in [0, 0.05) is 6.54 Å². The monoisotopic (exact) mass is 216 g/mol. The minimum atomic E-state index is -0.528. The van der Waals surface area contributed by atoms with Crippen LogP contribution in [0.5, 0.6) is 0 Å². The number of rotatable bonds is 4. The van der Waals surface area contributed by atoms with Crippen LogP contribution < -0.4 is 10.6 Å². The molecule has 4 nitrogen and oxygen atoms in total. The van der Waals surface area contributed by atoms with Crippen LogP contribution in [0.1, 0.15) is 13.8 Å². The van der Waals surface area contributed by atoms with Crippen LogP contribution in [0.2, 0.25) is 0 Å². The zero-order valence-electron chi connectivity index (χ0n) is 8.50. The summed E-state index contributed by atoms with van der Waals surface area (Å²) in [6, 6.07) is 0. The highest BCUT2D eigenvalue weighted by atomic mass is 32.1. The lowest BCUT2D eigenvalue weighted by molar-refractivity contribution is 0.138. The fraction of sp³-hybridized carbons (Fsp3) is 0.556. The van der Waals surface area contributed by atoms with Gasteiger partial charge in [0.15, 0.2) is 5.11 Å². The number of nitrogens with one attached hydrogen (secondary N) is 2. The van der Waals surface area contributed by atoms with Crippen LogP contribution in [0.25, 0.3) is 0 Å². The van der Waals surface area contributed by atoms with Crippen LogP contribution in [0.4, 0.5) is 4.79 Å². The average Bonchev–Trinajstić information content (AvgIpc) is 2.11. The number of hydrogen-bond acceptors (Lipinski definition) is 3. The molecule has 0 saturated carbocycles. The van der Waals surface area contributed by atoms with E-state index in [2.05, 4.69) is 17.2 Å². The first kappa shape index (κ1) is 12.9. The van der Waals surface area contributed by atoms with E-state index in [-0.39, 0.29) is 5.11 Å². The summed E-state index contributed by atoms with van der Waals surface area (Å²) in [4.78, 5) is 11.0. The molecule has 0 fully saturated rings. The molecule has 1 amide bonds. The van der Waals surface area contributed by atoms with Crippen LogP contribution in [-0.4, -0.2) is 24.4 Å². The predicted octanol–water partition coefficient (Wildman–Crippen LogP) is 1.43. The molecule has 0 spiro atoms. The van der Waals surface area contributed by atoms with Crippen LogP contribution >= 0.6 is 12.2 Å². The molecule has 0 heterocycles. The molecule has 0 aliphatic heterocycles. The molecule has 0 radical (unpaired) electrons. The number of carbonyl (C=O) groups excluding carboxylic acids is 1. The second kappa shape index (κ2) is 7.32. The van der Waals surface area contributed by atoms with Crippen molar-refractivity contribution in [2.24, 2.45) is 5.92 Å². The Kier molecular flexibility index (Phi) is 6.74. The third kappa shape index (κ3) is 7.54. The normalized spacial score (nSPS) is 9.36. The molecule has 0 aromatic rings. The first-order valence-corrected chi connectivity index (χ1v) is 4.79. The summed E-state index contributed by atoms with van der Waals surface area (Å²) in [7, 11) is 0. The summed E-state index contributed by atoms with van der Waals surface area (Å²) in [6.07, 6.45) is 1.12. The Balaban J connectivity index is 3.60. The fourth-order valence-corrected chi connectivity index (χ4v) is 0.747. The second-order valence-electron chi connectivity index (χ2n) is 3.12. The van der Waals surface area contributed by atoms with Gasteiger partial charge in [-0.15, -0.1) is 6.58 Å². The molecular weight excluding hydrogens is 200 g/mol. The van der Waals surface area contributed by atoms with E-state index < -0.39 is 6.09 Å². The van der Waals surface area contributed by atoms with Gasteiger partial charge in [0.05, 0.1) is 6.61 Å². The quantitative estimate of drug-likeness (QED) is 0.551. The van der Waals surface area contributed by atoms with Gasteiger partial charge >= 0.3 is 6.09 Å². The fourth-order valence-electron chi connectivity index (χ4n) is 0.580. The van der Waals surface area contributed by atoms with Gasteiger partial charge in [-0.1, -0.05) is 19.9 Å². The molecule has 0 saturated heterocycles. The third-order valence-corrected chi connectivity index (χ3v) is 1.42. The highest BCUT2D eigenvalue weighted by Crippen LogP contribution is 1.92. The van der Waals surface area contributed by atoms with Crippen molar-refractivity contribution in [3.8, 4) is 0 Å². The SMILES string of the molecule is C=CCNC(=S)NC(=O)OCC(C)C. The zero-order valence-corrected chi connectivity index (χ0v) is 9.32. The molecule has 0 aromatic heterocycles. The number of ether oxygens (including phenoxy) is 1. The smallest absolute Gasteiger partial charge is 0.413 e. The third-order valence-electron chi connectivity index (χ3n) is 1.17. The van der Waals surface area contributed by atoms with E-state index in [9.17, 15) is 4.79 Å². The Morgan fingerprint density at radius 1 is 1.64 bits per heavy atom. The highest BCUT2D eigenvalue weighted by Gasteiger charge is 2.05. The molecular formula is C9H16N2O2S. The van der Waals surface area contributed by atoms with E-state index in [0.717, 1.165) is 0 Å². The summed E-state index contributed by atoms with van der Waals surface area (Å²) >= 11 is 4.80. The van der Waals surface area contributed by atoms with Gasteiger partial charge in [-0.2, -0.15) is 0 Å². The van der Waals surface area contributed by atoms with Crippen LogP contribution in [0.3, 0.4) is 0 Å². The largest absolute Gasteiger partial charge is 0.449 e. The number of hydrogen-bond donors (Lipinski definition) is 2. The molecule has 0 unspecified atom stereocenters. The van der Waals surface area contributed by atoms with Gasteiger partial charge in [-0.25, -0.2) is 4.79 Å². The van der Waals surface area contributed by atoms with Crippen molar-refractivity contribution in [1.82, 2.24) is 10.6 Å². The number of thiocarbonyl (C=S) groups is 1. The minimum absolute atomic E-state index is 0.249. The Morgan fingerprint density at radius 3 is 2.79 bits per heavy atom. The Hall–Kier alpha value is -1.10. The molecule has 2 N–H and O–H groups in total. The lowest BCUT2D eigenvalue weighted by Crippen LogP contribution is -2.39. The molecule has 80 valence electrons. The average molecular weight is 216 g/mol. The Labute approximate surface area is 89.7 Å². The molecule has 0 aliphatic rings. The van der Waals surface area contributed by atoms with E-state index in [1.807, 2.05) is 13.8 Å². The minimum Gasteiger partial charge on any atom is -0.449 e. The standard InChI is InChI=1S/C9H16N2O2S/c1-4-5-10-8(14)11-9(12)13-6-7(2)3/h4,7H,1,5-6H2,2-3H3,(H2,10,11,12,14). The van der Waals surface area contributed by atoms with Crippen molar-refractivity contribution in [3.63, 3.8) is 0 Å². The molecule has 0 rings (SSSR count). The summed E-state index contributed by atoms with van der Waals surface area (Å²) in [5, 5.41) is 5.38. The van der Waals surface area contributed by atoms with E-state index in [1.165, 1.54) is 0 Å². The number of carbonyl (C=O) groups is 1. The molecule has 0 atom stereocenters. The maximum absolute atomic E-state index is 11.0. The van der Waals surface area contributed by atoms with E-state index in [0.29, 0.717) is 19.1 Å². The van der Waals surface area contributed by atoms with Gasteiger partial charge in [0.1, 0.15) is 0 Å². The summed E-state index contributed by atoms with van der Waals surface area (Å²) < 4.78 is 4.85. The van der Waals surface area contributed by atoms with Crippen molar-refractivity contribution < 1.29 is 9.53 Å². The molecule has 0 aromatic carbocycles. The molecule has 0 bridgehead atoms. The van der Waals surface area contributed by atoms with Gasteiger partial charge in [-0.05, 0) is 18.1 Å². The van der Waals surface area contributed by atoms with Crippen LogP contribution in [0.15, 0.2) is 12.7 Å². The Morgan fingerprint density at radius 2 is 2.29 bits per heavy atom. The Bertz CT molecular complexity index is 217. The lowest BCUT2D eigenvalue weighted by atomic mass is 10.2. The first-order chi connectivity index (χ1) is 6.56. The van der Waals surface area contributed by atoms with Crippen molar-refractivity contribution in [2.75, 3.05) is 13.2 Å². The second-order valence-corrected chi connectivity index (χ2v) is 3.52. The summed E-state index contributed by atoms with van der Waals surface area (Å²) in [5.41, 5.74) is 0. The lowest BCUT2D eigenvalue weighted by Gasteiger charge is -2.09. The predicted molar refractivity (Wildman–Crippen MR) is 60.1 cm³/mol. The molecule has 14 heavy (non-hydrogen) atoms. The van der Waals surface area contributed by atoms with E-state index >= 15 is 0 Å². The van der Waals surface area contributed by atoms with Gasteiger partial charge in [-0.3, -0.25) is 5.32 Å². The van der Waals surface area contributed by atoms with E-state index in [1.54, 1.807) is 6.08 Å². The topological polar surface area (TPSA) is 50.4 Å². The van der Waals surface area contributed by atoms with Crippen molar-refractivity contribution in [2.45, 2.75) is 13.8 Å². The maximum atomic E-state index is 11.0. The van der Waals surface area contributed by atoms with Gasteiger partial charge in [0.2, 0.25) is 0 Å². The van der Waals surface area contributed by atoms with Crippen LogP contribution in [-0.2, 0) is 4.74 Å². The first-order valence-electron chi connectivity index (χ1n) is 4.38. The van der Waals surface area contributed by atoms with Crippen LogP contribution in [0, 0.1) is 5.92 Å². The van der Waals surface area contributed by atoms with Gasteiger partial charge in [0.25, 0.3) is 0 Å².